The molecule has 2 fully saturated rings. The molecule has 0 radical (unpaired) electrons. The van der Waals surface area contributed by atoms with Crippen molar-refractivity contribution in [1.82, 2.24) is 10.2 Å². The molecule has 0 aromatic rings. The van der Waals surface area contributed by atoms with Crippen molar-refractivity contribution >= 4 is 15.7 Å². The van der Waals surface area contributed by atoms with E-state index in [2.05, 4.69) is 5.32 Å². The van der Waals surface area contributed by atoms with Crippen molar-refractivity contribution in [2.75, 3.05) is 25.9 Å². The first-order chi connectivity index (χ1) is 8.88. The lowest BCUT2D eigenvalue weighted by Gasteiger charge is -2.28. The molecule has 0 aromatic carbocycles. The fourth-order valence-corrected chi connectivity index (χ4v) is 3.00. The molecule has 1 heterocycles. The topological polar surface area (TPSA) is 66.5 Å². The van der Waals surface area contributed by atoms with Gasteiger partial charge in [0.2, 0.25) is 5.91 Å². The quantitative estimate of drug-likeness (QED) is 0.769. The predicted molar refractivity (Wildman–Crippen MR) is 74.6 cm³/mol. The summed E-state index contributed by atoms with van der Waals surface area (Å²) >= 11 is 0. The van der Waals surface area contributed by atoms with Gasteiger partial charge in [-0.3, -0.25) is 4.79 Å². The molecule has 2 rings (SSSR count). The van der Waals surface area contributed by atoms with E-state index in [0.717, 1.165) is 45.0 Å². The smallest absolute Gasteiger partial charge is 0.240 e. The van der Waals surface area contributed by atoms with E-state index in [1.165, 1.54) is 6.92 Å². The van der Waals surface area contributed by atoms with Gasteiger partial charge in [0, 0.05) is 25.4 Å². The van der Waals surface area contributed by atoms with Gasteiger partial charge in [0.15, 0.2) is 9.84 Å². The fraction of sp³-hybridized carbons (Fsp3) is 0.923. The Balaban J connectivity index is 2.00. The average Bonchev–Trinajstić information content (AvgIpc) is 2.99. The second-order valence-corrected chi connectivity index (χ2v) is 8.32. The lowest BCUT2D eigenvalue weighted by atomic mass is 10.2. The van der Waals surface area contributed by atoms with Gasteiger partial charge in [-0.05, 0) is 45.1 Å². The molecule has 0 bridgehead atoms. The molecule has 1 saturated carbocycles. The Hall–Kier alpha value is -0.620. The molecule has 110 valence electrons. The molecule has 0 spiro atoms. The number of hydrogen-bond acceptors (Lipinski definition) is 4. The SMILES string of the molecule is CC(C(=O)N(CC1CC1)CC1CCCN1)S(C)(=O)=O. The number of carbonyl (C=O) groups is 1. The molecule has 1 N–H and O–H groups in total. The summed E-state index contributed by atoms with van der Waals surface area (Å²) in [5.74, 6) is 0.347. The Kier molecular flexibility index (Phi) is 4.50. The number of nitrogens with zero attached hydrogens (tertiary/aromatic N) is 1. The maximum Gasteiger partial charge on any atom is 0.240 e. The first kappa shape index (κ1) is 14.8. The monoisotopic (exact) mass is 288 g/mol. The van der Waals surface area contributed by atoms with Crippen LogP contribution in [-0.2, 0) is 14.6 Å². The third-order valence-electron chi connectivity index (χ3n) is 4.08. The zero-order valence-electron chi connectivity index (χ0n) is 11.8. The van der Waals surface area contributed by atoms with Gasteiger partial charge >= 0.3 is 0 Å². The van der Waals surface area contributed by atoms with Crippen LogP contribution in [0.5, 0.6) is 0 Å². The molecule has 0 aromatic heterocycles. The molecule has 19 heavy (non-hydrogen) atoms. The number of amides is 1. The van der Waals surface area contributed by atoms with E-state index in [1.54, 1.807) is 4.90 Å². The minimum Gasteiger partial charge on any atom is -0.340 e. The van der Waals surface area contributed by atoms with E-state index in [-0.39, 0.29) is 5.91 Å². The van der Waals surface area contributed by atoms with E-state index in [1.807, 2.05) is 0 Å². The summed E-state index contributed by atoms with van der Waals surface area (Å²) in [4.78, 5) is 14.1. The number of nitrogens with one attached hydrogen (secondary N) is 1. The molecule has 1 aliphatic heterocycles. The van der Waals surface area contributed by atoms with Gasteiger partial charge in [0.05, 0.1) is 0 Å². The van der Waals surface area contributed by atoms with Crippen molar-refractivity contribution in [3.8, 4) is 0 Å². The molecular formula is C13H24N2O3S. The first-order valence-electron chi connectivity index (χ1n) is 7.09. The zero-order valence-corrected chi connectivity index (χ0v) is 12.6. The molecule has 5 nitrogen and oxygen atoms in total. The fourth-order valence-electron chi connectivity index (χ4n) is 2.49. The summed E-state index contributed by atoms with van der Waals surface area (Å²) in [7, 11) is -3.31. The molecule has 2 aliphatic rings. The van der Waals surface area contributed by atoms with Crippen molar-refractivity contribution in [3.63, 3.8) is 0 Å². The Labute approximate surface area is 115 Å². The number of sulfone groups is 1. The Bertz CT molecular complexity index is 425. The highest BCUT2D eigenvalue weighted by Gasteiger charge is 2.33. The van der Waals surface area contributed by atoms with Gasteiger partial charge in [-0.2, -0.15) is 0 Å². The van der Waals surface area contributed by atoms with E-state index in [9.17, 15) is 13.2 Å². The van der Waals surface area contributed by atoms with Gasteiger partial charge in [-0.15, -0.1) is 0 Å². The maximum atomic E-state index is 12.4. The summed E-state index contributed by atoms with van der Waals surface area (Å²) in [6.45, 7) is 3.86. The van der Waals surface area contributed by atoms with Crippen LogP contribution in [0.1, 0.15) is 32.6 Å². The maximum absolute atomic E-state index is 12.4. The molecule has 1 aliphatic carbocycles. The Morgan fingerprint density at radius 3 is 2.47 bits per heavy atom. The van der Waals surface area contributed by atoms with Crippen molar-refractivity contribution in [2.45, 2.75) is 43.9 Å². The minimum absolute atomic E-state index is 0.233. The highest BCUT2D eigenvalue weighted by molar-refractivity contribution is 7.92. The van der Waals surface area contributed by atoms with Crippen LogP contribution in [0.4, 0.5) is 0 Å². The van der Waals surface area contributed by atoms with Crippen LogP contribution < -0.4 is 5.32 Å². The first-order valence-corrected chi connectivity index (χ1v) is 9.04. The summed E-state index contributed by atoms with van der Waals surface area (Å²) in [5.41, 5.74) is 0. The molecule has 6 heteroatoms. The van der Waals surface area contributed by atoms with Gasteiger partial charge < -0.3 is 10.2 Å². The molecule has 1 saturated heterocycles. The van der Waals surface area contributed by atoms with Crippen LogP contribution in [-0.4, -0.2) is 56.4 Å². The standard InChI is InChI=1S/C13H24N2O3S/c1-10(19(2,17)18)13(16)15(8-11-5-6-11)9-12-4-3-7-14-12/h10-12,14H,3-9H2,1-2H3. The highest BCUT2D eigenvalue weighted by Crippen LogP contribution is 2.30. The molecule has 2 atom stereocenters. The van der Waals surface area contributed by atoms with Crippen molar-refractivity contribution < 1.29 is 13.2 Å². The van der Waals surface area contributed by atoms with Crippen LogP contribution in [0.15, 0.2) is 0 Å². The minimum atomic E-state index is -3.31. The van der Waals surface area contributed by atoms with E-state index >= 15 is 0 Å². The van der Waals surface area contributed by atoms with Gasteiger partial charge in [-0.25, -0.2) is 8.42 Å². The molecule has 1 amide bonds. The summed E-state index contributed by atoms with van der Waals surface area (Å²) in [6, 6.07) is 0.328. The number of rotatable bonds is 6. The van der Waals surface area contributed by atoms with Crippen LogP contribution >= 0.6 is 0 Å². The second-order valence-electron chi connectivity index (χ2n) is 5.95. The van der Waals surface area contributed by atoms with Crippen LogP contribution in [0, 0.1) is 5.92 Å². The van der Waals surface area contributed by atoms with Crippen molar-refractivity contribution in [1.29, 1.82) is 0 Å². The Morgan fingerprint density at radius 1 is 1.32 bits per heavy atom. The second kappa shape index (κ2) is 5.79. The van der Waals surface area contributed by atoms with Crippen LogP contribution in [0.25, 0.3) is 0 Å². The van der Waals surface area contributed by atoms with Crippen LogP contribution in [0.3, 0.4) is 0 Å². The lowest BCUT2D eigenvalue weighted by molar-refractivity contribution is -0.131. The van der Waals surface area contributed by atoms with E-state index in [0.29, 0.717) is 18.5 Å². The largest absolute Gasteiger partial charge is 0.340 e. The third-order valence-corrected chi connectivity index (χ3v) is 5.57. The van der Waals surface area contributed by atoms with Crippen molar-refractivity contribution in [2.24, 2.45) is 5.92 Å². The Morgan fingerprint density at radius 2 is 2.00 bits per heavy atom. The summed E-state index contributed by atoms with van der Waals surface area (Å²) < 4.78 is 23.1. The van der Waals surface area contributed by atoms with E-state index in [4.69, 9.17) is 0 Å². The van der Waals surface area contributed by atoms with Crippen LogP contribution in [0.2, 0.25) is 0 Å². The number of carbonyl (C=O) groups excluding carboxylic acids is 1. The van der Waals surface area contributed by atoms with Gasteiger partial charge in [0.1, 0.15) is 5.25 Å². The highest BCUT2D eigenvalue weighted by atomic mass is 32.2. The molecular weight excluding hydrogens is 264 g/mol. The lowest BCUT2D eigenvalue weighted by Crippen LogP contribution is -2.47. The number of hydrogen-bond donors (Lipinski definition) is 1. The van der Waals surface area contributed by atoms with Crippen molar-refractivity contribution in [3.05, 3.63) is 0 Å². The third kappa shape index (κ3) is 4.18. The summed E-state index contributed by atoms with van der Waals surface area (Å²) in [6.07, 6.45) is 5.67. The predicted octanol–water partition coefficient (Wildman–Crippen LogP) is 0.410. The molecule has 2 unspecified atom stereocenters. The summed E-state index contributed by atoms with van der Waals surface area (Å²) in [5, 5.41) is 2.45. The van der Waals surface area contributed by atoms with E-state index < -0.39 is 15.1 Å². The zero-order chi connectivity index (χ0) is 14.0. The normalized spacial score (nSPS) is 25.3. The van der Waals surface area contributed by atoms with Gasteiger partial charge in [-0.1, -0.05) is 0 Å². The average molecular weight is 288 g/mol. The van der Waals surface area contributed by atoms with Gasteiger partial charge in [0.25, 0.3) is 0 Å².